The van der Waals surface area contributed by atoms with Gasteiger partial charge in [0.15, 0.2) is 34.7 Å². The zero-order chi connectivity index (χ0) is 82.3. The summed E-state index contributed by atoms with van der Waals surface area (Å²) in [5.41, 5.74) is 5.79. The Morgan fingerprint density at radius 1 is 0.531 bits per heavy atom. The molecule has 2 N–H and O–H groups in total. The van der Waals surface area contributed by atoms with Gasteiger partial charge >= 0.3 is 25.4 Å². The molecule has 113 heavy (non-hydrogen) atoms. The van der Waals surface area contributed by atoms with E-state index in [1.54, 1.807) is 59.0 Å². The van der Waals surface area contributed by atoms with Gasteiger partial charge in [-0.2, -0.15) is 10.2 Å². The molecule has 32 heteroatoms. The number of phenolic OH excluding ortho intramolecular Hbond substituents is 1. The molecule has 0 saturated carbocycles. The molecule has 0 unspecified atom stereocenters. The fraction of sp³-hybridized carbons (Fsp3) is 0.407. The van der Waals surface area contributed by atoms with E-state index in [2.05, 4.69) is 60.4 Å². The van der Waals surface area contributed by atoms with Crippen LogP contribution in [-0.2, 0) is 34.9 Å². The predicted molar refractivity (Wildman–Crippen MR) is 425 cm³/mol. The standard InChI is InChI=1S/C26H27F2N5O3.C19H32BN3O4.C18H15BrF2N2O3.C12H14BrNO.C6H4F2O/c1-16-14-31(26(35)36-25-6-4-20(27)12-22(25)28)24-11-18(3-5-23(24)33(16)17(2)34)19-13-30-32(15-19)21-7-9-29-10-8-21;1-17(2,3)25-16(24)22-10-8-15(9-11-22)23-13-14(12-21-23)20-26-18(4,5)19(6,7)27-20;1-10-9-22(18(25)26-17-6-4-13(20)8-14(17)21)16-7-12(19)3-5-15(16)23(10)11(2)24;1-8-3-4-10-7-11(13)5-6-12(10)14(8)9(2)15;7-4-1-2-6(9)5(8)3-4/h3-6,11-13,15-16,21,29H,7-10,14H2,1-2H3;12-13,15H,8-11H2,1-7H3;3-8,10H,9H2,1-2H3;5-8H,3-4H2,1-2H3;1-3,9H/t16-;;10-;8-;/m0.00./s1. The number of carbonyl (C=O) groups excluding carboxylic acids is 6. The molecule has 23 nitrogen and oxygen atoms in total. The molecule has 3 saturated heterocycles. The van der Waals surface area contributed by atoms with Gasteiger partial charge in [0.1, 0.15) is 23.1 Å². The number of ether oxygens (including phenoxy) is 3. The SMILES string of the molecule is CC(=O)N1c2ccc(-c3cnn(C4CCNCC4)c3)cc2N(C(=O)Oc2ccc(F)cc2F)C[C@@H]1C.CC(=O)N1c2ccc(Br)cc2CC[C@@H]1C.CC(=O)N1c2ccc(Br)cc2N(C(=O)Oc2ccc(F)cc2F)C[C@@H]1C.CC(C)(C)OC(=O)N1CCC(n2cc(B3OC(C)(C)C(C)(C)O3)cn2)CC1.Oc1ccc(F)cc1F. The Morgan fingerprint density at radius 2 is 0.991 bits per heavy atom. The van der Waals surface area contributed by atoms with Crippen LogP contribution in [-0.4, -0.2) is 147 Å². The van der Waals surface area contributed by atoms with Gasteiger partial charge < -0.3 is 53.5 Å². The molecule has 0 spiro atoms. The van der Waals surface area contributed by atoms with Gasteiger partial charge in [0.2, 0.25) is 17.7 Å². The van der Waals surface area contributed by atoms with Crippen molar-refractivity contribution in [1.29, 1.82) is 0 Å². The van der Waals surface area contributed by atoms with Crippen molar-refractivity contribution in [2.45, 2.75) is 176 Å². The smallest absolute Gasteiger partial charge is 0.498 e. The van der Waals surface area contributed by atoms with Crippen molar-refractivity contribution < 1.29 is 83.7 Å². The normalized spacial score (nSPS) is 18.4. The summed E-state index contributed by atoms with van der Waals surface area (Å²) in [5.74, 6) is -6.55. The summed E-state index contributed by atoms with van der Waals surface area (Å²) in [7, 11) is -0.398. The molecule has 3 atom stereocenters. The molecule has 6 amide bonds. The second-order valence-corrected chi connectivity index (χ2v) is 32.1. The van der Waals surface area contributed by atoms with Crippen LogP contribution in [0.25, 0.3) is 11.1 Å². The summed E-state index contributed by atoms with van der Waals surface area (Å²) in [6.45, 7) is 27.7. The van der Waals surface area contributed by atoms with E-state index in [9.17, 15) is 55.1 Å². The minimum absolute atomic E-state index is 0.130. The van der Waals surface area contributed by atoms with Gasteiger partial charge in [-0.25, -0.2) is 40.7 Å². The topological polar surface area (TPSA) is 236 Å². The molecule has 0 radical (unpaired) electrons. The molecule has 6 aliphatic heterocycles. The van der Waals surface area contributed by atoms with Gasteiger partial charge in [-0.3, -0.25) is 33.5 Å². The number of carbonyl (C=O) groups is 6. The lowest BCUT2D eigenvalue weighted by Gasteiger charge is -2.40. The first kappa shape index (κ1) is 85.7. The van der Waals surface area contributed by atoms with Gasteiger partial charge in [-0.15, -0.1) is 0 Å². The number of aromatic nitrogens is 4. The van der Waals surface area contributed by atoms with Gasteiger partial charge in [-0.05, 0) is 217 Å². The van der Waals surface area contributed by atoms with Crippen molar-refractivity contribution in [3.63, 3.8) is 0 Å². The Labute approximate surface area is 669 Å². The van der Waals surface area contributed by atoms with E-state index >= 15 is 0 Å². The molecule has 602 valence electrons. The number of nitrogens with one attached hydrogen (secondary N) is 1. The molecule has 6 aromatic carbocycles. The van der Waals surface area contributed by atoms with Crippen LogP contribution in [0.4, 0.5) is 69.2 Å². The highest BCUT2D eigenvalue weighted by atomic mass is 79.9. The van der Waals surface area contributed by atoms with E-state index in [0.29, 0.717) is 70.6 Å². The maximum Gasteiger partial charge on any atom is 0.498 e. The maximum absolute atomic E-state index is 14.2. The molecule has 14 rings (SSSR count). The predicted octanol–water partition coefficient (Wildman–Crippen LogP) is 16.6. The number of piperidine rings is 2. The minimum Gasteiger partial charge on any atom is -0.505 e. The number of likely N-dealkylation sites (tertiary alicyclic amines) is 1. The zero-order valence-corrected chi connectivity index (χ0v) is 68.3. The molecule has 0 aliphatic carbocycles. The van der Waals surface area contributed by atoms with Crippen molar-refractivity contribution in [3.05, 3.63) is 183 Å². The van der Waals surface area contributed by atoms with Crippen LogP contribution in [0.5, 0.6) is 17.2 Å². The Balaban J connectivity index is 0.000000158. The molecule has 0 bridgehead atoms. The Morgan fingerprint density at radius 3 is 1.50 bits per heavy atom. The summed E-state index contributed by atoms with van der Waals surface area (Å²) in [6, 6.07) is 25.1. The van der Waals surface area contributed by atoms with Gasteiger partial charge in [0.25, 0.3) is 0 Å². The maximum atomic E-state index is 14.2. The number of aromatic hydroxyl groups is 1. The lowest BCUT2D eigenvalue weighted by atomic mass is 9.82. The van der Waals surface area contributed by atoms with Crippen LogP contribution in [0.2, 0.25) is 0 Å². The molecular weight excluding hydrogens is 1600 g/mol. The molecule has 2 aromatic heterocycles. The number of halogens is 8. The molecule has 6 aliphatic rings. The highest BCUT2D eigenvalue weighted by molar-refractivity contribution is 9.10. The van der Waals surface area contributed by atoms with Crippen LogP contribution in [0.15, 0.2) is 143 Å². The first-order chi connectivity index (χ1) is 53.3. The van der Waals surface area contributed by atoms with Gasteiger partial charge in [-0.1, -0.05) is 37.9 Å². The van der Waals surface area contributed by atoms with E-state index in [-0.39, 0.29) is 77.7 Å². The van der Waals surface area contributed by atoms with Crippen LogP contribution in [0.1, 0.15) is 140 Å². The van der Waals surface area contributed by atoms with Crippen molar-refractivity contribution in [2.75, 3.05) is 63.8 Å². The van der Waals surface area contributed by atoms with Gasteiger partial charge in [0, 0.05) is 115 Å². The van der Waals surface area contributed by atoms with E-state index in [0.717, 1.165) is 115 Å². The summed E-state index contributed by atoms with van der Waals surface area (Å²) in [4.78, 5) is 83.6. The first-order valence-corrected chi connectivity index (χ1v) is 38.6. The first-order valence-electron chi connectivity index (χ1n) is 37.0. The summed E-state index contributed by atoms with van der Waals surface area (Å²) in [5, 5.41) is 20.9. The molecule has 8 aromatic rings. The lowest BCUT2D eigenvalue weighted by molar-refractivity contribution is -0.117. The number of fused-ring (bicyclic) bond motifs is 3. The van der Waals surface area contributed by atoms with Crippen LogP contribution >= 0.6 is 31.9 Å². The van der Waals surface area contributed by atoms with E-state index in [1.807, 2.05) is 113 Å². The number of aryl methyl sites for hydroxylation is 1. The molecule has 8 heterocycles. The summed E-state index contributed by atoms with van der Waals surface area (Å²) in [6.07, 6.45) is 11.5. The third kappa shape index (κ3) is 21.0. The number of benzene rings is 6. The third-order valence-corrected chi connectivity index (χ3v) is 21.2. The second-order valence-electron chi connectivity index (χ2n) is 30.3. The Hall–Kier alpha value is -9.76. The Bertz CT molecular complexity index is 4790. The Kier molecular flexibility index (Phi) is 27.4. The minimum atomic E-state index is -0.974. The van der Waals surface area contributed by atoms with Crippen LogP contribution < -0.4 is 44.8 Å². The third-order valence-electron chi connectivity index (χ3n) is 20.2. The number of amides is 6. The molecule has 3 fully saturated rings. The summed E-state index contributed by atoms with van der Waals surface area (Å²) < 4.78 is 112. The van der Waals surface area contributed by atoms with E-state index in [4.69, 9.17) is 28.6 Å². The van der Waals surface area contributed by atoms with Crippen molar-refractivity contribution in [1.82, 2.24) is 29.8 Å². The largest absolute Gasteiger partial charge is 0.505 e. The fourth-order valence-electron chi connectivity index (χ4n) is 13.9. The average molecular weight is 1700 g/mol. The van der Waals surface area contributed by atoms with Gasteiger partial charge in [0.05, 0.1) is 64.3 Å². The number of hydrogen-bond donors (Lipinski definition) is 2. The van der Waals surface area contributed by atoms with Crippen molar-refractivity contribution in [3.8, 4) is 28.4 Å². The summed E-state index contributed by atoms with van der Waals surface area (Å²) >= 11 is 6.80. The number of rotatable bonds is 6. The van der Waals surface area contributed by atoms with Crippen molar-refractivity contribution >= 4 is 109 Å². The van der Waals surface area contributed by atoms with Crippen LogP contribution in [0.3, 0.4) is 0 Å². The zero-order valence-electron chi connectivity index (χ0n) is 65.1. The quantitative estimate of drug-likeness (QED) is 0.116. The highest BCUT2D eigenvalue weighted by Gasteiger charge is 2.52. The average Bonchev–Trinajstić information content (AvgIpc) is 1.75. The number of anilines is 5. The molecular formula is C81H92BBr2F6N11O12. The van der Waals surface area contributed by atoms with Crippen molar-refractivity contribution in [2.24, 2.45) is 0 Å². The van der Waals surface area contributed by atoms with E-state index < -0.39 is 65.6 Å². The lowest BCUT2D eigenvalue weighted by Crippen LogP contribution is -2.52. The van der Waals surface area contributed by atoms with Crippen LogP contribution in [0, 0.1) is 34.9 Å². The van der Waals surface area contributed by atoms with E-state index in [1.165, 1.54) is 29.2 Å². The number of hydrogen-bond acceptors (Lipinski definition) is 15. The fourth-order valence-corrected chi connectivity index (χ4v) is 14.6. The number of phenols is 1. The second kappa shape index (κ2) is 36.2. The highest BCUT2D eigenvalue weighted by Crippen LogP contribution is 2.43. The monoisotopic (exact) mass is 1690 g/mol. The number of nitrogens with zero attached hydrogens (tertiary/aromatic N) is 10.